The predicted molar refractivity (Wildman–Crippen MR) is 110 cm³/mol. The van der Waals surface area contributed by atoms with Gasteiger partial charge in [-0.1, -0.05) is 18.2 Å². The molecule has 0 bridgehead atoms. The molecular formula is C21H20N6O4. The third kappa shape index (κ3) is 4.58. The highest BCUT2D eigenvalue weighted by molar-refractivity contribution is 5.94. The summed E-state index contributed by atoms with van der Waals surface area (Å²) in [7, 11) is 0. The molecule has 10 heteroatoms. The maximum Gasteiger partial charge on any atom is 0.272 e. The molecule has 0 saturated heterocycles. The van der Waals surface area contributed by atoms with Gasteiger partial charge in [-0.2, -0.15) is 5.10 Å². The van der Waals surface area contributed by atoms with Crippen LogP contribution in [0.1, 0.15) is 32.9 Å². The molecule has 0 aliphatic carbocycles. The van der Waals surface area contributed by atoms with Gasteiger partial charge in [0.05, 0.1) is 11.3 Å². The van der Waals surface area contributed by atoms with Crippen molar-refractivity contribution in [1.29, 1.82) is 0 Å². The van der Waals surface area contributed by atoms with Crippen LogP contribution in [0.5, 0.6) is 0 Å². The molecule has 1 aromatic carbocycles. The Hall–Kier alpha value is -4.08. The zero-order valence-corrected chi connectivity index (χ0v) is 16.6. The Labute approximate surface area is 177 Å². The normalized spacial score (nSPS) is 12.8. The molecule has 0 spiro atoms. The van der Waals surface area contributed by atoms with Crippen molar-refractivity contribution in [2.24, 2.45) is 0 Å². The second-order valence-electron chi connectivity index (χ2n) is 7.24. The Balaban J connectivity index is 1.40. The van der Waals surface area contributed by atoms with Crippen molar-refractivity contribution in [3.05, 3.63) is 87.0 Å². The van der Waals surface area contributed by atoms with Gasteiger partial charge in [-0.15, -0.1) is 0 Å². The second-order valence-corrected chi connectivity index (χ2v) is 7.24. The summed E-state index contributed by atoms with van der Waals surface area (Å²) in [5.74, 6) is -0.423. The summed E-state index contributed by atoms with van der Waals surface area (Å²) in [5.41, 5.74) is 3.41. The van der Waals surface area contributed by atoms with Crippen LogP contribution >= 0.6 is 0 Å². The van der Waals surface area contributed by atoms with E-state index in [1.807, 2.05) is 6.07 Å². The number of nitro groups is 1. The lowest BCUT2D eigenvalue weighted by molar-refractivity contribution is -0.384. The fourth-order valence-corrected chi connectivity index (χ4v) is 3.49. The van der Waals surface area contributed by atoms with E-state index in [2.05, 4.69) is 20.5 Å². The van der Waals surface area contributed by atoms with E-state index in [1.165, 1.54) is 12.1 Å². The van der Waals surface area contributed by atoms with Crippen molar-refractivity contribution >= 4 is 17.5 Å². The Morgan fingerprint density at radius 1 is 1.19 bits per heavy atom. The highest BCUT2D eigenvalue weighted by atomic mass is 16.6. The standard InChI is InChI=1S/C21H20N6O4/c28-19(10-14-3-5-16(6-4-14)27(30)31)26-9-7-18-17(13-26)20(25-24-18)21(29)23-12-15-2-1-8-22-11-15/h1-6,8,11H,7,9-10,12-13H2,(H,23,29)(H,24,25). The van der Waals surface area contributed by atoms with Gasteiger partial charge in [-0.3, -0.25) is 29.8 Å². The molecule has 0 atom stereocenters. The Morgan fingerprint density at radius 2 is 2.00 bits per heavy atom. The SMILES string of the molecule is O=C(NCc1cccnc1)c1n[nH]c2c1CN(C(=O)Cc1ccc([N+](=O)[O-])cc1)CC2. The number of non-ortho nitro benzene ring substituents is 1. The zero-order valence-electron chi connectivity index (χ0n) is 16.6. The summed E-state index contributed by atoms with van der Waals surface area (Å²) < 4.78 is 0. The van der Waals surface area contributed by atoms with Crippen LogP contribution in [0.25, 0.3) is 0 Å². The van der Waals surface area contributed by atoms with Crippen LogP contribution in [0.3, 0.4) is 0 Å². The summed E-state index contributed by atoms with van der Waals surface area (Å²) >= 11 is 0. The number of pyridine rings is 1. The molecule has 10 nitrogen and oxygen atoms in total. The number of nitro benzene ring substituents is 1. The molecule has 2 N–H and O–H groups in total. The van der Waals surface area contributed by atoms with Gasteiger partial charge in [0.2, 0.25) is 5.91 Å². The minimum absolute atomic E-state index is 0.0147. The Bertz CT molecular complexity index is 1110. The fraction of sp³-hybridized carbons (Fsp3) is 0.238. The summed E-state index contributed by atoms with van der Waals surface area (Å²) in [6.07, 6.45) is 4.05. The summed E-state index contributed by atoms with van der Waals surface area (Å²) in [6, 6.07) is 9.61. The van der Waals surface area contributed by atoms with Gasteiger partial charge in [0.25, 0.3) is 11.6 Å². The quantitative estimate of drug-likeness (QED) is 0.461. The topological polar surface area (TPSA) is 134 Å². The van der Waals surface area contributed by atoms with Gasteiger partial charge >= 0.3 is 0 Å². The number of carbonyl (C=O) groups excluding carboxylic acids is 2. The van der Waals surface area contributed by atoms with Gasteiger partial charge in [0, 0.05) is 61.8 Å². The molecular weight excluding hydrogens is 400 g/mol. The molecule has 4 rings (SSSR count). The van der Waals surface area contributed by atoms with E-state index < -0.39 is 4.92 Å². The number of nitrogens with zero attached hydrogens (tertiary/aromatic N) is 4. The maximum atomic E-state index is 12.8. The van der Waals surface area contributed by atoms with E-state index in [0.29, 0.717) is 30.6 Å². The third-order valence-electron chi connectivity index (χ3n) is 5.18. The van der Waals surface area contributed by atoms with Crippen molar-refractivity contribution in [1.82, 2.24) is 25.4 Å². The number of H-pyrrole nitrogens is 1. The Kier molecular flexibility index (Phi) is 5.69. The maximum absolute atomic E-state index is 12.8. The lowest BCUT2D eigenvalue weighted by atomic mass is 10.0. The van der Waals surface area contributed by atoms with E-state index in [0.717, 1.165) is 11.3 Å². The van der Waals surface area contributed by atoms with Gasteiger partial charge in [0.1, 0.15) is 0 Å². The number of benzene rings is 1. The molecule has 0 unspecified atom stereocenters. The van der Waals surface area contributed by atoms with Crippen molar-refractivity contribution in [3.63, 3.8) is 0 Å². The molecule has 1 aliphatic heterocycles. The number of nitrogens with one attached hydrogen (secondary N) is 2. The number of aromatic amines is 1. The molecule has 2 amide bonds. The largest absolute Gasteiger partial charge is 0.346 e. The van der Waals surface area contributed by atoms with E-state index in [4.69, 9.17) is 0 Å². The highest BCUT2D eigenvalue weighted by Crippen LogP contribution is 2.22. The van der Waals surface area contributed by atoms with Crippen molar-refractivity contribution < 1.29 is 14.5 Å². The van der Waals surface area contributed by atoms with Gasteiger partial charge in [0.15, 0.2) is 5.69 Å². The first-order chi connectivity index (χ1) is 15.0. The number of rotatable bonds is 6. The van der Waals surface area contributed by atoms with Crippen LogP contribution in [-0.4, -0.2) is 43.4 Å². The van der Waals surface area contributed by atoms with Crippen LogP contribution in [0.2, 0.25) is 0 Å². The fourth-order valence-electron chi connectivity index (χ4n) is 3.49. The molecule has 31 heavy (non-hydrogen) atoms. The van der Waals surface area contributed by atoms with Crippen LogP contribution in [0, 0.1) is 10.1 Å². The number of fused-ring (bicyclic) bond motifs is 1. The first-order valence-corrected chi connectivity index (χ1v) is 9.75. The molecule has 0 saturated carbocycles. The average Bonchev–Trinajstić information content (AvgIpc) is 3.22. The van der Waals surface area contributed by atoms with E-state index in [-0.39, 0.29) is 36.2 Å². The summed E-state index contributed by atoms with van der Waals surface area (Å²) in [5, 5.41) is 20.7. The number of hydrogen-bond donors (Lipinski definition) is 2. The number of hydrogen-bond acceptors (Lipinski definition) is 6. The molecule has 0 radical (unpaired) electrons. The minimum Gasteiger partial charge on any atom is -0.346 e. The van der Waals surface area contributed by atoms with Gasteiger partial charge < -0.3 is 10.2 Å². The molecule has 3 aromatic rings. The lowest BCUT2D eigenvalue weighted by Gasteiger charge is -2.27. The summed E-state index contributed by atoms with van der Waals surface area (Å²) in [4.78, 5) is 41.4. The first kappa shape index (κ1) is 20.2. The molecule has 2 aromatic heterocycles. The van der Waals surface area contributed by atoms with Crippen LogP contribution in [-0.2, 0) is 30.7 Å². The number of amides is 2. The molecule has 158 valence electrons. The zero-order chi connectivity index (χ0) is 21.8. The van der Waals surface area contributed by atoms with Gasteiger partial charge in [-0.25, -0.2) is 0 Å². The summed E-state index contributed by atoms with van der Waals surface area (Å²) in [6.45, 7) is 1.13. The number of aromatic nitrogens is 3. The van der Waals surface area contributed by atoms with E-state index >= 15 is 0 Å². The second kappa shape index (κ2) is 8.74. The smallest absolute Gasteiger partial charge is 0.272 e. The predicted octanol–water partition coefficient (Wildman–Crippen LogP) is 1.77. The Morgan fingerprint density at radius 3 is 2.71 bits per heavy atom. The van der Waals surface area contributed by atoms with E-state index in [1.54, 1.807) is 35.5 Å². The van der Waals surface area contributed by atoms with Crippen molar-refractivity contribution in [2.75, 3.05) is 6.54 Å². The minimum atomic E-state index is -0.475. The van der Waals surface area contributed by atoms with Crippen molar-refractivity contribution in [3.8, 4) is 0 Å². The molecule has 0 fully saturated rings. The number of carbonyl (C=O) groups is 2. The van der Waals surface area contributed by atoms with E-state index in [9.17, 15) is 19.7 Å². The third-order valence-corrected chi connectivity index (χ3v) is 5.18. The lowest BCUT2D eigenvalue weighted by Crippen LogP contribution is -2.37. The monoisotopic (exact) mass is 420 g/mol. The molecule has 1 aliphatic rings. The first-order valence-electron chi connectivity index (χ1n) is 9.75. The van der Waals surface area contributed by atoms with Gasteiger partial charge in [-0.05, 0) is 17.2 Å². The van der Waals surface area contributed by atoms with Crippen LogP contribution in [0.4, 0.5) is 5.69 Å². The average molecular weight is 420 g/mol. The van der Waals surface area contributed by atoms with Crippen molar-refractivity contribution in [2.45, 2.75) is 25.9 Å². The van der Waals surface area contributed by atoms with Crippen LogP contribution in [0.15, 0.2) is 48.8 Å². The highest BCUT2D eigenvalue weighted by Gasteiger charge is 2.27. The van der Waals surface area contributed by atoms with Crippen LogP contribution < -0.4 is 5.32 Å². The molecule has 3 heterocycles.